The second-order valence-electron chi connectivity index (χ2n) is 4.42. The topological polar surface area (TPSA) is 72.2 Å². The highest BCUT2D eigenvalue weighted by Gasteiger charge is 2.15. The van der Waals surface area contributed by atoms with Gasteiger partial charge in [0.1, 0.15) is 5.82 Å². The van der Waals surface area contributed by atoms with Crippen LogP contribution in [0.25, 0.3) is 0 Å². The van der Waals surface area contributed by atoms with E-state index in [0.717, 1.165) is 5.56 Å². The van der Waals surface area contributed by atoms with Crippen LogP contribution in [0.1, 0.15) is 11.1 Å². The molecule has 0 saturated heterocycles. The van der Waals surface area contributed by atoms with Crippen molar-refractivity contribution in [1.29, 1.82) is 0 Å². The molecule has 0 atom stereocenters. The molecule has 0 aliphatic heterocycles. The maximum Gasteiger partial charge on any atom is 0.261 e. The Morgan fingerprint density at radius 2 is 1.80 bits per heavy atom. The van der Waals surface area contributed by atoms with Crippen LogP contribution in [0.3, 0.4) is 0 Å². The predicted octanol–water partition coefficient (Wildman–Crippen LogP) is 2.39. The molecule has 0 amide bonds. The van der Waals surface area contributed by atoms with E-state index in [2.05, 4.69) is 4.72 Å². The van der Waals surface area contributed by atoms with Gasteiger partial charge in [0.05, 0.1) is 10.6 Å². The van der Waals surface area contributed by atoms with Crippen molar-refractivity contribution in [3.63, 3.8) is 0 Å². The number of aryl methyl sites for hydroxylation is 1. The number of nitrogens with one attached hydrogen (secondary N) is 1. The molecule has 6 heteroatoms. The van der Waals surface area contributed by atoms with Crippen molar-refractivity contribution in [1.82, 2.24) is 0 Å². The van der Waals surface area contributed by atoms with Gasteiger partial charge < -0.3 is 5.73 Å². The Labute approximate surface area is 117 Å². The number of benzene rings is 2. The molecule has 2 aromatic rings. The summed E-state index contributed by atoms with van der Waals surface area (Å²) in [7, 11) is -3.70. The number of nitrogens with two attached hydrogens (primary N) is 1. The highest BCUT2D eigenvalue weighted by Crippen LogP contribution is 2.21. The van der Waals surface area contributed by atoms with Gasteiger partial charge in [-0.25, -0.2) is 12.8 Å². The Kier molecular flexibility index (Phi) is 4.06. The van der Waals surface area contributed by atoms with E-state index in [1.807, 2.05) is 6.92 Å². The average molecular weight is 294 g/mol. The van der Waals surface area contributed by atoms with Gasteiger partial charge in [0.25, 0.3) is 10.0 Å². The van der Waals surface area contributed by atoms with Crippen molar-refractivity contribution in [3.05, 3.63) is 59.4 Å². The highest BCUT2D eigenvalue weighted by molar-refractivity contribution is 7.92. The lowest BCUT2D eigenvalue weighted by Gasteiger charge is -2.12. The number of anilines is 1. The summed E-state index contributed by atoms with van der Waals surface area (Å²) in [6.45, 7) is 1.92. The minimum Gasteiger partial charge on any atom is -0.326 e. The molecule has 2 rings (SSSR count). The highest BCUT2D eigenvalue weighted by atomic mass is 32.2. The Balaban J connectivity index is 2.35. The first-order chi connectivity index (χ1) is 9.42. The maximum atomic E-state index is 13.1. The largest absolute Gasteiger partial charge is 0.326 e. The molecule has 2 aromatic carbocycles. The van der Waals surface area contributed by atoms with Gasteiger partial charge in [-0.15, -0.1) is 0 Å². The van der Waals surface area contributed by atoms with Crippen LogP contribution < -0.4 is 10.5 Å². The van der Waals surface area contributed by atoms with Crippen molar-refractivity contribution < 1.29 is 12.8 Å². The minimum absolute atomic E-state index is 0.0451. The van der Waals surface area contributed by atoms with Crippen LogP contribution in [0, 0.1) is 12.7 Å². The lowest BCUT2D eigenvalue weighted by Crippen LogP contribution is -2.15. The fourth-order valence-electron chi connectivity index (χ4n) is 1.75. The zero-order valence-electron chi connectivity index (χ0n) is 10.9. The molecule has 0 heterocycles. The Bertz CT molecular complexity index is 712. The van der Waals surface area contributed by atoms with E-state index in [0.29, 0.717) is 5.56 Å². The van der Waals surface area contributed by atoms with E-state index >= 15 is 0 Å². The predicted molar refractivity (Wildman–Crippen MR) is 76.3 cm³/mol. The van der Waals surface area contributed by atoms with Crippen LogP contribution >= 0.6 is 0 Å². The molecular formula is C14H15FN2O2S. The Morgan fingerprint density at radius 3 is 2.40 bits per heavy atom. The van der Waals surface area contributed by atoms with Crippen molar-refractivity contribution in [2.75, 3.05) is 4.72 Å². The average Bonchev–Trinajstić information content (AvgIpc) is 2.41. The third-order valence-electron chi connectivity index (χ3n) is 2.86. The van der Waals surface area contributed by atoms with Gasteiger partial charge in [0, 0.05) is 6.54 Å². The summed E-state index contributed by atoms with van der Waals surface area (Å²) < 4.78 is 40.0. The lowest BCUT2D eigenvalue weighted by atomic mass is 10.2. The van der Waals surface area contributed by atoms with Crippen LogP contribution in [0.4, 0.5) is 10.1 Å². The number of hydrogen-bond acceptors (Lipinski definition) is 3. The molecule has 0 saturated carbocycles. The quantitative estimate of drug-likeness (QED) is 0.909. The molecule has 0 bridgehead atoms. The van der Waals surface area contributed by atoms with Gasteiger partial charge in [0.2, 0.25) is 0 Å². The number of hydrogen-bond donors (Lipinski definition) is 2. The Morgan fingerprint density at radius 1 is 1.15 bits per heavy atom. The first-order valence-electron chi connectivity index (χ1n) is 6.00. The zero-order chi connectivity index (χ0) is 14.8. The summed E-state index contributed by atoms with van der Waals surface area (Å²) in [6, 6.07) is 10.2. The molecule has 20 heavy (non-hydrogen) atoms. The van der Waals surface area contributed by atoms with Crippen molar-refractivity contribution in [2.24, 2.45) is 5.73 Å². The van der Waals surface area contributed by atoms with E-state index < -0.39 is 15.8 Å². The second-order valence-corrected chi connectivity index (χ2v) is 6.11. The molecular weight excluding hydrogens is 279 g/mol. The van der Waals surface area contributed by atoms with Gasteiger partial charge in [-0.05, 0) is 42.8 Å². The van der Waals surface area contributed by atoms with Crippen molar-refractivity contribution in [3.8, 4) is 0 Å². The monoisotopic (exact) mass is 294 g/mol. The van der Waals surface area contributed by atoms with E-state index in [-0.39, 0.29) is 17.1 Å². The fraction of sp³-hybridized carbons (Fsp3) is 0.143. The third kappa shape index (κ3) is 3.15. The second kappa shape index (κ2) is 5.60. The number of sulfonamides is 1. The van der Waals surface area contributed by atoms with Crippen molar-refractivity contribution in [2.45, 2.75) is 18.4 Å². The molecule has 0 spiro atoms. The van der Waals surface area contributed by atoms with Gasteiger partial charge in [-0.2, -0.15) is 0 Å². The molecule has 0 aliphatic rings. The minimum atomic E-state index is -3.70. The summed E-state index contributed by atoms with van der Waals surface area (Å²) >= 11 is 0. The summed E-state index contributed by atoms with van der Waals surface area (Å²) in [6.07, 6.45) is 0. The van der Waals surface area contributed by atoms with E-state index in [1.165, 1.54) is 30.3 Å². The zero-order valence-corrected chi connectivity index (χ0v) is 11.7. The summed E-state index contributed by atoms with van der Waals surface area (Å²) in [5.41, 5.74) is 7.15. The van der Waals surface area contributed by atoms with Gasteiger partial charge in [0.15, 0.2) is 0 Å². The van der Waals surface area contributed by atoms with Crippen LogP contribution in [-0.4, -0.2) is 8.42 Å². The molecule has 106 valence electrons. The van der Waals surface area contributed by atoms with Gasteiger partial charge in [-0.3, -0.25) is 4.72 Å². The maximum absolute atomic E-state index is 13.1. The third-order valence-corrected chi connectivity index (χ3v) is 4.24. The van der Waals surface area contributed by atoms with Crippen molar-refractivity contribution >= 4 is 15.7 Å². The molecule has 0 fully saturated rings. The van der Waals surface area contributed by atoms with Gasteiger partial charge >= 0.3 is 0 Å². The molecule has 3 N–H and O–H groups in total. The fourth-order valence-corrected chi connectivity index (χ4v) is 2.85. The van der Waals surface area contributed by atoms with Crippen LogP contribution in [-0.2, 0) is 16.6 Å². The number of rotatable bonds is 4. The first-order valence-corrected chi connectivity index (χ1v) is 7.48. The molecule has 0 aliphatic carbocycles. The molecule has 0 radical (unpaired) electrons. The molecule has 4 nitrogen and oxygen atoms in total. The van der Waals surface area contributed by atoms with Crippen LogP contribution in [0.15, 0.2) is 47.4 Å². The van der Waals surface area contributed by atoms with Gasteiger partial charge in [-0.1, -0.05) is 17.7 Å². The van der Waals surface area contributed by atoms with Crippen LogP contribution in [0.2, 0.25) is 0 Å². The smallest absolute Gasteiger partial charge is 0.261 e. The summed E-state index contributed by atoms with van der Waals surface area (Å²) in [5, 5.41) is 0. The van der Waals surface area contributed by atoms with E-state index in [4.69, 9.17) is 5.73 Å². The molecule has 0 aromatic heterocycles. The normalized spacial score (nSPS) is 11.3. The first kappa shape index (κ1) is 14.5. The Hall–Kier alpha value is -1.92. The van der Waals surface area contributed by atoms with E-state index in [9.17, 15) is 12.8 Å². The summed E-state index contributed by atoms with van der Waals surface area (Å²) in [4.78, 5) is 0.149. The van der Waals surface area contributed by atoms with Crippen LogP contribution in [0.5, 0.6) is 0 Å². The molecule has 0 unspecified atom stereocenters. The van der Waals surface area contributed by atoms with E-state index in [1.54, 1.807) is 12.1 Å². The number of halogens is 1. The lowest BCUT2D eigenvalue weighted by molar-refractivity contribution is 0.600. The summed E-state index contributed by atoms with van der Waals surface area (Å²) in [5.74, 6) is -0.455. The SMILES string of the molecule is Cc1ccc(S(=O)(=O)Nc2ccc(F)cc2CN)cc1. The standard InChI is InChI=1S/C14H15FN2O2S/c1-10-2-5-13(6-3-10)20(18,19)17-14-7-4-12(15)8-11(14)9-16/h2-8,17H,9,16H2,1H3.